The Morgan fingerprint density at radius 2 is 1.79 bits per heavy atom. The van der Waals surface area contributed by atoms with E-state index in [1.54, 1.807) is 0 Å². The second-order valence-electron chi connectivity index (χ2n) is 6.43. The minimum absolute atomic E-state index is 0. The smallest absolute Gasteiger partial charge is 0.251 e. The second-order valence-corrected chi connectivity index (χ2v) is 6.43. The normalized spacial score (nSPS) is 11.9. The summed E-state index contributed by atoms with van der Waals surface area (Å²) in [6.45, 7) is 8.17. The molecular weight excluding hydrogens is 463 g/mol. The number of guanidine groups is 1. The number of rotatable bonds is 8. The minimum atomic E-state index is -0.0367. The summed E-state index contributed by atoms with van der Waals surface area (Å²) in [4.78, 5) is 16.8. The lowest BCUT2D eigenvalue weighted by atomic mass is 10.1. The number of halogens is 1. The number of benzene rings is 2. The number of carbonyl (C=O) groups excluding carboxylic acids is 1. The lowest BCUT2D eigenvalue weighted by Crippen LogP contribution is -2.38. The van der Waals surface area contributed by atoms with Gasteiger partial charge in [-0.3, -0.25) is 4.79 Å². The maximum absolute atomic E-state index is 12.1. The Bertz CT molecular complexity index is 749. The zero-order valence-electron chi connectivity index (χ0n) is 16.9. The van der Waals surface area contributed by atoms with E-state index in [1.807, 2.05) is 56.3 Å². The third-order valence-corrected chi connectivity index (χ3v) is 4.14. The maximum atomic E-state index is 12.1. The maximum Gasteiger partial charge on any atom is 0.251 e. The van der Waals surface area contributed by atoms with Gasteiger partial charge in [-0.05, 0) is 43.5 Å². The Kier molecular flexibility index (Phi) is 11.2. The monoisotopic (exact) mass is 494 g/mol. The average molecular weight is 494 g/mol. The summed E-state index contributed by atoms with van der Waals surface area (Å²) in [6, 6.07) is 18.0. The van der Waals surface area contributed by atoms with E-state index in [4.69, 9.17) is 0 Å². The highest BCUT2D eigenvalue weighted by molar-refractivity contribution is 14.0. The fraction of sp³-hybridized carbons (Fsp3) is 0.364. The van der Waals surface area contributed by atoms with Crippen LogP contribution in [0.15, 0.2) is 59.6 Å². The van der Waals surface area contributed by atoms with E-state index in [1.165, 1.54) is 5.56 Å². The second kappa shape index (κ2) is 13.1. The molecule has 0 fully saturated rings. The van der Waals surface area contributed by atoms with Crippen molar-refractivity contribution in [2.45, 2.75) is 39.8 Å². The van der Waals surface area contributed by atoms with E-state index >= 15 is 0 Å². The Balaban J connectivity index is 0.00000392. The molecule has 1 atom stereocenters. The van der Waals surface area contributed by atoms with Gasteiger partial charge in [0.1, 0.15) is 0 Å². The summed E-state index contributed by atoms with van der Waals surface area (Å²) < 4.78 is 0. The molecule has 0 spiro atoms. The van der Waals surface area contributed by atoms with Crippen LogP contribution in [-0.2, 0) is 6.54 Å². The van der Waals surface area contributed by atoms with E-state index in [0.29, 0.717) is 18.7 Å². The van der Waals surface area contributed by atoms with Crippen LogP contribution in [0.2, 0.25) is 0 Å². The standard InChI is InChI=1S/C22H30N4O.HI/c1-4-14-24-21(27)20-13-9-10-18(15-20)16-25-22(23-5-2)26-17(3)19-11-7-6-8-12-19;/h6-13,15,17H,4-5,14,16H2,1-3H3,(H,24,27)(H2,23,25,26);1H. The molecule has 152 valence electrons. The van der Waals surface area contributed by atoms with Crippen LogP contribution in [0.5, 0.6) is 0 Å². The minimum Gasteiger partial charge on any atom is -0.357 e. The number of hydrogen-bond donors (Lipinski definition) is 3. The number of hydrogen-bond acceptors (Lipinski definition) is 2. The van der Waals surface area contributed by atoms with Crippen molar-refractivity contribution in [3.05, 3.63) is 71.3 Å². The van der Waals surface area contributed by atoms with E-state index in [9.17, 15) is 4.79 Å². The largest absolute Gasteiger partial charge is 0.357 e. The van der Waals surface area contributed by atoms with Gasteiger partial charge in [0.2, 0.25) is 0 Å². The van der Waals surface area contributed by atoms with Crippen LogP contribution < -0.4 is 16.0 Å². The van der Waals surface area contributed by atoms with Crippen molar-refractivity contribution < 1.29 is 4.79 Å². The van der Waals surface area contributed by atoms with E-state index < -0.39 is 0 Å². The Labute approximate surface area is 185 Å². The Hall–Kier alpha value is -2.09. The molecular formula is C22H31IN4O. The van der Waals surface area contributed by atoms with Crippen LogP contribution in [0.3, 0.4) is 0 Å². The first-order valence-electron chi connectivity index (χ1n) is 9.61. The van der Waals surface area contributed by atoms with Crippen LogP contribution in [0.4, 0.5) is 0 Å². The van der Waals surface area contributed by atoms with Crippen LogP contribution in [0.25, 0.3) is 0 Å². The van der Waals surface area contributed by atoms with Gasteiger partial charge in [0.05, 0.1) is 12.6 Å². The molecule has 0 bridgehead atoms. The molecule has 2 rings (SSSR count). The zero-order valence-corrected chi connectivity index (χ0v) is 19.2. The first-order chi connectivity index (χ1) is 13.1. The molecule has 0 saturated carbocycles. The lowest BCUT2D eigenvalue weighted by molar-refractivity contribution is 0.0953. The first kappa shape index (κ1) is 23.9. The number of nitrogens with zero attached hydrogens (tertiary/aromatic N) is 1. The van der Waals surface area contributed by atoms with Gasteiger partial charge in [-0.1, -0.05) is 49.4 Å². The zero-order chi connectivity index (χ0) is 19.5. The summed E-state index contributed by atoms with van der Waals surface area (Å²) >= 11 is 0. The molecule has 1 amide bonds. The molecule has 0 radical (unpaired) electrons. The van der Waals surface area contributed by atoms with Crippen LogP contribution in [0.1, 0.15) is 54.7 Å². The summed E-state index contributed by atoms with van der Waals surface area (Å²) in [5.41, 5.74) is 2.88. The Morgan fingerprint density at radius 3 is 2.46 bits per heavy atom. The average Bonchev–Trinajstić information content (AvgIpc) is 2.71. The first-order valence-corrected chi connectivity index (χ1v) is 9.61. The van der Waals surface area contributed by atoms with Crippen molar-refractivity contribution in [1.29, 1.82) is 0 Å². The number of amides is 1. The molecule has 0 aromatic heterocycles. The predicted octanol–water partition coefficient (Wildman–Crippen LogP) is 4.26. The highest BCUT2D eigenvalue weighted by Gasteiger charge is 2.08. The predicted molar refractivity (Wildman–Crippen MR) is 127 cm³/mol. The summed E-state index contributed by atoms with van der Waals surface area (Å²) in [5.74, 6) is 0.722. The molecule has 0 heterocycles. The fourth-order valence-electron chi connectivity index (χ4n) is 2.67. The SMILES string of the molecule is CCCNC(=O)c1cccc(CN=C(NCC)NC(C)c2ccccc2)c1.I. The summed E-state index contributed by atoms with van der Waals surface area (Å²) in [5, 5.41) is 9.61. The third-order valence-electron chi connectivity index (χ3n) is 4.14. The van der Waals surface area contributed by atoms with Crippen molar-refractivity contribution in [3.8, 4) is 0 Å². The highest BCUT2D eigenvalue weighted by atomic mass is 127. The number of aliphatic imine (C=N–C) groups is 1. The van der Waals surface area contributed by atoms with Gasteiger partial charge in [0.25, 0.3) is 5.91 Å². The van der Waals surface area contributed by atoms with Crippen LogP contribution in [0, 0.1) is 0 Å². The molecule has 2 aromatic carbocycles. The number of carbonyl (C=O) groups is 1. The topological polar surface area (TPSA) is 65.5 Å². The van der Waals surface area contributed by atoms with E-state index in [2.05, 4.69) is 40.0 Å². The van der Waals surface area contributed by atoms with Gasteiger partial charge < -0.3 is 16.0 Å². The van der Waals surface area contributed by atoms with Gasteiger partial charge >= 0.3 is 0 Å². The van der Waals surface area contributed by atoms with Crippen LogP contribution >= 0.6 is 24.0 Å². The molecule has 3 N–H and O–H groups in total. The molecule has 0 saturated heterocycles. The molecule has 0 aliphatic rings. The fourth-order valence-corrected chi connectivity index (χ4v) is 2.67. The van der Waals surface area contributed by atoms with Gasteiger partial charge in [-0.15, -0.1) is 24.0 Å². The highest BCUT2D eigenvalue weighted by Crippen LogP contribution is 2.11. The quantitative estimate of drug-likeness (QED) is 0.292. The molecule has 1 unspecified atom stereocenters. The summed E-state index contributed by atoms with van der Waals surface area (Å²) in [6.07, 6.45) is 0.924. The summed E-state index contributed by atoms with van der Waals surface area (Å²) in [7, 11) is 0. The van der Waals surface area contributed by atoms with Gasteiger partial charge in [-0.2, -0.15) is 0 Å². The molecule has 2 aromatic rings. The van der Waals surface area contributed by atoms with E-state index in [0.717, 1.165) is 24.5 Å². The molecule has 5 nitrogen and oxygen atoms in total. The molecule has 0 aliphatic carbocycles. The van der Waals surface area contributed by atoms with E-state index in [-0.39, 0.29) is 35.9 Å². The van der Waals surface area contributed by atoms with Crippen molar-refractivity contribution >= 4 is 35.8 Å². The van der Waals surface area contributed by atoms with Crippen molar-refractivity contribution in [3.63, 3.8) is 0 Å². The van der Waals surface area contributed by atoms with Gasteiger partial charge in [0, 0.05) is 18.7 Å². The molecule has 6 heteroatoms. The number of nitrogens with one attached hydrogen (secondary N) is 3. The van der Waals surface area contributed by atoms with Crippen molar-refractivity contribution in [2.24, 2.45) is 4.99 Å². The molecule has 0 aliphatic heterocycles. The third kappa shape index (κ3) is 7.88. The Morgan fingerprint density at radius 1 is 1.04 bits per heavy atom. The molecule has 28 heavy (non-hydrogen) atoms. The van der Waals surface area contributed by atoms with Gasteiger partial charge in [-0.25, -0.2) is 4.99 Å². The van der Waals surface area contributed by atoms with Gasteiger partial charge in [0.15, 0.2) is 5.96 Å². The van der Waals surface area contributed by atoms with Crippen molar-refractivity contribution in [1.82, 2.24) is 16.0 Å². The van der Waals surface area contributed by atoms with Crippen molar-refractivity contribution in [2.75, 3.05) is 13.1 Å². The van der Waals surface area contributed by atoms with Crippen LogP contribution in [-0.4, -0.2) is 25.0 Å². The lowest BCUT2D eigenvalue weighted by Gasteiger charge is -2.18.